The van der Waals surface area contributed by atoms with Crippen molar-refractivity contribution in [1.82, 2.24) is 20.9 Å². The molecule has 2 unspecified atom stereocenters. The van der Waals surface area contributed by atoms with Crippen molar-refractivity contribution in [3.8, 4) is 0 Å². The van der Waals surface area contributed by atoms with E-state index in [0.29, 0.717) is 12.5 Å². The predicted octanol–water partition coefficient (Wildman–Crippen LogP) is 0.542. The zero-order valence-corrected chi connectivity index (χ0v) is 12.9. The van der Waals surface area contributed by atoms with Gasteiger partial charge in [0.15, 0.2) is 0 Å². The maximum Gasteiger partial charge on any atom is 0.321 e. The second-order valence-corrected chi connectivity index (χ2v) is 5.59. The Kier molecular flexibility index (Phi) is 7.54. The number of carbonyl (C=O) groups excluding carboxylic acids is 2. The Morgan fingerprint density at radius 2 is 1.85 bits per heavy atom. The molecule has 1 rings (SSSR count). The van der Waals surface area contributed by atoms with Gasteiger partial charge in [0.25, 0.3) is 0 Å². The second-order valence-electron chi connectivity index (χ2n) is 5.59. The van der Waals surface area contributed by atoms with E-state index in [0.717, 1.165) is 13.1 Å². The summed E-state index contributed by atoms with van der Waals surface area (Å²) in [7, 11) is 0. The molecule has 0 aromatic rings. The zero-order valence-electron chi connectivity index (χ0n) is 12.9. The minimum Gasteiger partial charge on any atom is -0.338 e. The van der Waals surface area contributed by atoms with Crippen LogP contribution in [-0.4, -0.2) is 55.6 Å². The third-order valence-electron chi connectivity index (χ3n) is 3.51. The third kappa shape index (κ3) is 6.34. The lowest BCUT2D eigenvalue weighted by Gasteiger charge is -2.22. The molecule has 3 amide bonds. The second kappa shape index (κ2) is 8.92. The fraction of sp³-hybridized carbons (Fsp3) is 0.857. The molecule has 0 aromatic heterocycles. The average molecular weight is 284 g/mol. The first-order valence-corrected chi connectivity index (χ1v) is 7.57. The van der Waals surface area contributed by atoms with E-state index in [9.17, 15) is 9.59 Å². The zero-order chi connectivity index (χ0) is 15.0. The van der Waals surface area contributed by atoms with Crippen LogP contribution in [0.3, 0.4) is 0 Å². The number of carbonyl (C=O) groups is 2. The number of amides is 3. The molecule has 2 atom stereocenters. The summed E-state index contributed by atoms with van der Waals surface area (Å²) in [5.41, 5.74) is 0. The molecule has 0 radical (unpaired) electrons. The predicted molar refractivity (Wildman–Crippen MR) is 79.5 cm³/mol. The largest absolute Gasteiger partial charge is 0.338 e. The summed E-state index contributed by atoms with van der Waals surface area (Å²) in [5, 5.41) is 8.04. The Balaban J connectivity index is 2.18. The molecule has 0 aromatic carbocycles. The molecule has 3 N–H and O–H groups in total. The van der Waals surface area contributed by atoms with E-state index in [-0.39, 0.29) is 11.9 Å². The molecule has 6 nitrogen and oxygen atoms in total. The SMILES string of the molecule is CCNC(=O)NC(=O)C(C)NCC(C)CN1CCCC1. The number of hydrogen-bond donors (Lipinski definition) is 3. The lowest BCUT2D eigenvalue weighted by molar-refractivity contribution is -0.121. The number of urea groups is 1. The number of rotatable bonds is 7. The van der Waals surface area contributed by atoms with Crippen LogP contribution in [0.4, 0.5) is 4.79 Å². The minimum atomic E-state index is -0.434. The number of likely N-dealkylation sites (tertiary alicyclic amines) is 1. The summed E-state index contributed by atoms with van der Waals surface area (Å²) in [6.07, 6.45) is 2.59. The maximum atomic E-state index is 11.7. The Labute approximate surface area is 121 Å². The van der Waals surface area contributed by atoms with Crippen molar-refractivity contribution < 1.29 is 9.59 Å². The minimum absolute atomic E-state index is 0.288. The first-order valence-electron chi connectivity index (χ1n) is 7.57. The summed E-state index contributed by atoms with van der Waals surface area (Å²) >= 11 is 0. The van der Waals surface area contributed by atoms with Crippen molar-refractivity contribution in [2.24, 2.45) is 5.92 Å². The number of nitrogens with zero attached hydrogens (tertiary/aromatic N) is 1. The average Bonchev–Trinajstić information content (AvgIpc) is 2.88. The fourth-order valence-corrected chi connectivity index (χ4v) is 2.37. The van der Waals surface area contributed by atoms with Crippen LogP contribution in [0.2, 0.25) is 0 Å². The van der Waals surface area contributed by atoms with Crippen molar-refractivity contribution in [3.05, 3.63) is 0 Å². The molecule has 1 heterocycles. The van der Waals surface area contributed by atoms with Gasteiger partial charge in [0.05, 0.1) is 6.04 Å². The van der Waals surface area contributed by atoms with Gasteiger partial charge in [-0.3, -0.25) is 10.1 Å². The van der Waals surface area contributed by atoms with Gasteiger partial charge in [-0.1, -0.05) is 6.92 Å². The molecule has 1 saturated heterocycles. The van der Waals surface area contributed by atoms with Crippen molar-refractivity contribution in [2.75, 3.05) is 32.7 Å². The van der Waals surface area contributed by atoms with Gasteiger partial charge in [0.2, 0.25) is 5.91 Å². The molecule has 116 valence electrons. The smallest absolute Gasteiger partial charge is 0.321 e. The topological polar surface area (TPSA) is 73.5 Å². The standard InChI is InChI=1S/C14H28N4O2/c1-4-15-14(20)17-13(19)12(3)16-9-11(2)10-18-7-5-6-8-18/h11-12,16H,4-10H2,1-3H3,(H2,15,17,19,20). The van der Waals surface area contributed by atoms with E-state index in [1.165, 1.54) is 25.9 Å². The van der Waals surface area contributed by atoms with Crippen LogP contribution in [0.1, 0.15) is 33.6 Å². The normalized spacial score (nSPS) is 18.6. The Morgan fingerprint density at radius 3 is 2.45 bits per heavy atom. The molecule has 6 heteroatoms. The molecule has 20 heavy (non-hydrogen) atoms. The van der Waals surface area contributed by atoms with E-state index in [1.54, 1.807) is 6.92 Å². The van der Waals surface area contributed by atoms with Crippen LogP contribution in [0.25, 0.3) is 0 Å². The molecule has 0 spiro atoms. The van der Waals surface area contributed by atoms with Crippen LogP contribution >= 0.6 is 0 Å². The van der Waals surface area contributed by atoms with Gasteiger partial charge in [-0.2, -0.15) is 0 Å². The van der Waals surface area contributed by atoms with E-state index in [2.05, 4.69) is 27.8 Å². The number of nitrogens with one attached hydrogen (secondary N) is 3. The highest BCUT2D eigenvalue weighted by atomic mass is 16.2. The van der Waals surface area contributed by atoms with Crippen LogP contribution in [0, 0.1) is 5.92 Å². The highest BCUT2D eigenvalue weighted by Gasteiger charge is 2.18. The molecule has 0 saturated carbocycles. The Hall–Kier alpha value is -1.14. The number of hydrogen-bond acceptors (Lipinski definition) is 4. The van der Waals surface area contributed by atoms with Crippen molar-refractivity contribution >= 4 is 11.9 Å². The Bertz CT molecular complexity index is 316. The number of imide groups is 1. The van der Waals surface area contributed by atoms with Gasteiger partial charge in [-0.15, -0.1) is 0 Å². The molecule has 1 aliphatic heterocycles. The molecule has 1 aliphatic rings. The highest BCUT2D eigenvalue weighted by molar-refractivity contribution is 5.96. The van der Waals surface area contributed by atoms with Crippen molar-refractivity contribution in [3.63, 3.8) is 0 Å². The first-order chi connectivity index (χ1) is 9.52. The summed E-state index contributed by atoms with van der Waals surface area (Å²) in [5.74, 6) is 0.206. The first kappa shape index (κ1) is 16.9. The molecular weight excluding hydrogens is 256 g/mol. The van der Waals surface area contributed by atoms with Crippen LogP contribution in [0.15, 0.2) is 0 Å². The maximum absolute atomic E-state index is 11.7. The van der Waals surface area contributed by atoms with Gasteiger partial charge in [-0.05, 0) is 52.2 Å². The summed E-state index contributed by atoms with van der Waals surface area (Å²) < 4.78 is 0. The third-order valence-corrected chi connectivity index (χ3v) is 3.51. The molecule has 1 fully saturated rings. The molecular formula is C14H28N4O2. The Morgan fingerprint density at radius 1 is 1.20 bits per heavy atom. The van der Waals surface area contributed by atoms with E-state index >= 15 is 0 Å². The van der Waals surface area contributed by atoms with Gasteiger partial charge < -0.3 is 15.5 Å². The molecule has 0 aliphatic carbocycles. The lowest BCUT2D eigenvalue weighted by Crippen LogP contribution is -2.49. The van der Waals surface area contributed by atoms with E-state index in [1.807, 2.05) is 6.92 Å². The van der Waals surface area contributed by atoms with Gasteiger partial charge in [0.1, 0.15) is 0 Å². The van der Waals surface area contributed by atoms with E-state index in [4.69, 9.17) is 0 Å². The lowest BCUT2D eigenvalue weighted by atomic mass is 10.1. The summed E-state index contributed by atoms with van der Waals surface area (Å²) in [6.45, 7) is 10.5. The molecule has 0 bridgehead atoms. The van der Waals surface area contributed by atoms with Gasteiger partial charge in [0, 0.05) is 13.1 Å². The highest BCUT2D eigenvalue weighted by Crippen LogP contribution is 2.09. The van der Waals surface area contributed by atoms with E-state index < -0.39 is 6.03 Å². The van der Waals surface area contributed by atoms with Crippen molar-refractivity contribution in [1.29, 1.82) is 0 Å². The van der Waals surface area contributed by atoms with Gasteiger partial charge in [-0.25, -0.2) is 4.79 Å². The summed E-state index contributed by atoms with van der Waals surface area (Å²) in [6, 6.07) is -0.796. The van der Waals surface area contributed by atoms with Crippen molar-refractivity contribution in [2.45, 2.75) is 39.7 Å². The fourth-order valence-electron chi connectivity index (χ4n) is 2.37. The monoisotopic (exact) mass is 284 g/mol. The van der Waals surface area contributed by atoms with Gasteiger partial charge >= 0.3 is 6.03 Å². The summed E-state index contributed by atoms with van der Waals surface area (Å²) in [4.78, 5) is 25.5. The van der Waals surface area contributed by atoms with Crippen LogP contribution < -0.4 is 16.0 Å². The quantitative estimate of drug-likeness (QED) is 0.638. The van der Waals surface area contributed by atoms with Crippen LogP contribution in [0.5, 0.6) is 0 Å². The van der Waals surface area contributed by atoms with Crippen LogP contribution in [-0.2, 0) is 4.79 Å².